The average molecular weight is 1180 g/mol. The molecule has 482 valence electrons. The highest BCUT2D eigenvalue weighted by molar-refractivity contribution is 5.77. The number of aliphatic hydroxyl groups is 6. The topological polar surface area (TPSA) is 238 Å². The van der Waals surface area contributed by atoms with Crippen molar-refractivity contribution in [3.63, 3.8) is 0 Å². The summed E-state index contributed by atoms with van der Waals surface area (Å²) >= 11 is 0. The van der Waals surface area contributed by atoms with Crippen molar-refractivity contribution in [2.75, 3.05) is 39.3 Å². The summed E-state index contributed by atoms with van der Waals surface area (Å²) < 4.78 is 5.34. The van der Waals surface area contributed by atoms with E-state index in [9.17, 15) is 49.8 Å². The molecule has 0 radical (unpaired) electrons. The Kier molecular flexibility index (Phi) is 22.9. The number of alkyl carbamates (subject to hydrolysis) is 1. The average Bonchev–Trinajstić information content (AvgIpc) is 1.42. The predicted octanol–water partition coefficient (Wildman–Crippen LogP) is 10.1. The molecule has 8 aliphatic rings. The summed E-state index contributed by atoms with van der Waals surface area (Å²) in [5.74, 6) is 3.81. The summed E-state index contributed by atoms with van der Waals surface area (Å²) in [6.45, 7) is 22.2. The molecule has 15 nitrogen and oxygen atoms in total. The number of rotatable bonds is 26. The number of hydrogen-bond acceptors (Lipinski definition) is 11. The third kappa shape index (κ3) is 14.7. The van der Waals surface area contributed by atoms with E-state index < -0.39 is 30.0 Å². The first kappa shape index (κ1) is 67.4. The van der Waals surface area contributed by atoms with Gasteiger partial charge in [-0.15, -0.1) is 0 Å². The van der Waals surface area contributed by atoms with Gasteiger partial charge in [0.2, 0.25) is 17.7 Å². The number of unbranched alkanes of at least 4 members (excludes halogenated alkanes) is 5. The lowest BCUT2D eigenvalue weighted by Gasteiger charge is -2.64. The summed E-state index contributed by atoms with van der Waals surface area (Å²) in [7, 11) is 0. The zero-order valence-electron chi connectivity index (χ0n) is 53.9. The molecule has 4 amide bonds. The zero-order valence-corrected chi connectivity index (χ0v) is 53.9. The third-order valence-electron chi connectivity index (χ3n) is 25.8. The van der Waals surface area contributed by atoms with E-state index in [4.69, 9.17) is 4.74 Å². The summed E-state index contributed by atoms with van der Waals surface area (Å²) in [6, 6.07) is 0. The molecule has 22 atom stereocenters. The van der Waals surface area contributed by atoms with E-state index in [1.54, 1.807) is 0 Å². The van der Waals surface area contributed by atoms with Crippen LogP contribution < -0.4 is 16.0 Å². The van der Waals surface area contributed by atoms with Crippen molar-refractivity contribution in [2.24, 2.45) is 98.6 Å². The lowest BCUT2D eigenvalue weighted by molar-refractivity contribution is -0.207. The van der Waals surface area contributed by atoms with Gasteiger partial charge in [-0.25, -0.2) is 4.79 Å². The van der Waals surface area contributed by atoms with Gasteiger partial charge in [0.25, 0.3) is 0 Å². The van der Waals surface area contributed by atoms with Crippen LogP contribution in [0.25, 0.3) is 0 Å². The Labute approximate surface area is 506 Å². The van der Waals surface area contributed by atoms with E-state index in [0.29, 0.717) is 100 Å². The van der Waals surface area contributed by atoms with E-state index in [2.05, 4.69) is 57.5 Å². The molecule has 8 rings (SSSR count). The largest absolute Gasteiger partial charge is 0.444 e. The molecule has 0 heterocycles. The Hall–Kier alpha value is -2.56. The molecular weight excluding hydrogens is 1060 g/mol. The standard InChI is InChI=1S/C69H120N4O11/c1-43(50-21-23-52-62-45(42-74)36-46-37-48(75)27-29-66(46,6)54(62)40-57(78)68(50,52)8)20-26-60(81)71-33-17-35-73(61(82)18-13-11-10-12-14-32-72-64(83)84-65(3,4)5)34-16-15-31-70-59(80)25-19-44(2)51-22-24-53-63-55(41-58(79)69(51,53)9)67(7)30-28-49(76)38-47(67)39-56(63)77/h43-58,62-63,74-79H,10-42H2,1-9H3,(H,70,80)(H,71,81)(H,72,83)/t43-,44-,45?,46?,47?,48?,49?,50?,51?,52?,53?,54?,55?,56?,57?,58?,62?,63?,66?,67?,68?,69?/m1/s1. The van der Waals surface area contributed by atoms with E-state index in [0.717, 1.165) is 141 Å². The van der Waals surface area contributed by atoms with Crippen LogP contribution in [0, 0.1) is 98.6 Å². The molecule has 20 unspecified atom stereocenters. The van der Waals surface area contributed by atoms with Crippen LogP contribution in [-0.2, 0) is 19.1 Å². The molecule has 0 aromatic rings. The van der Waals surface area contributed by atoms with Crippen LogP contribution in [0.2, 0.25) is 0 Å². The minimum absolute atomic E-state index is 0.0151. The predicted molar refractivity (Wildman–Crippen MR) is 328 cm³/mol. The maximum Gasteiger partial charge on any atom is 0.407 e. The van der Waals surface area contributed by atoms with Crippen LogP contribution in [0.4, 0.5) is 4.79 Å². The Balaban J connectivity index is 0.765. The molecule has 15 heteroatoms. The number of fused-ring (bicyclic) bond motifs is 10. The Bertz CT molecular complexity index is 2180. The van der Waals surface area contributed by atoms with E-state index in [-0.39, 0.29) is 99.6 Å². The van der Waals surface area contributed by atoms with Gasteiger partial charge in [-0.2, -0.15) is 0 Å². The van der Waals surface area contributed by atoms with E-state index in [1.807, 2.05) is 25.7 Å². The van der Waals surface area contributed by atoms with Crippen molar-refractivity contribution in [2.45, 2.75) is 272 Å². The Morgan fingerprint density at radius 2 is 1.02 bits per heavy atom. The maximum absolute atomic E-state index is 13.8. The number of nitrogens with one attached hydrogen (secondary N) is 3. The zero-order chi connectivity index (χ0) is 60.9. The smallest absolute Gasteiger partial charge is 0.407 e. The van der Waals surface area contributed by atoms with Crippen LogP contribution in [0.5, 0.6) is 0 Å². The molecular formula is C69H120N4O11. The number of carbonyl (C=O) groups excluding carboxylic acids is 4. The fourth-order valence-electron chi connectivity index (χ4n) is 21.1. The van der Waals surface area contributed by atoms with Gasteiger partial charge in [0.05, 0.1) is 30.5 Å². The van der Waals surface area contributed by atoms with Crippen LogP contribution in [0.3, 0.4) is 0 Å². The van der Waals surface area contributed by atoms with Gasteiger partial charge < -0.3 is 56.2 Å². The minimum atomic E-state index is -0.536. The lowest BCUT2D eigenvalue weighted by atomic mass is 9.41. The van der Waals surface area contributed by atoms with Gasteiger partial charge in [0.15, 0.2) is 0 Å². The van der Waals surface area contributed by atoms with Crippen LogP contribution in [-0.4, -0.2) is 135 Å². The van der Waals surface area contributed by atoms with Gasteiger partial charge in [-0.1, -0.05) is 60.8 Å². The van der Waals surface area contributed by atoms with Gasteiger partial charge in [0.1, 0.15) is 5.60 Å². The third-order valence-corrected chi connectivity index (χ3v) is 25.8. The molecule has 84 heavy (non-hydrogen) atoms. The highest BCUT2D eigenvalue weighted by Crippen LogP contribution is 2.71. The van der Waals surface area contributed by atoms with Crippen molar-refractivity contribution < 1.29 is 54.6 Å². The maximum atomic E-state index is 13.8. The number of amides is 4. The molecule has 0 aromatic heterocycles. The number of carbonyl (C=O) groups is 4. The molecule has 0 saturated heterocycles. The van der Waals surface area contributed by atoms with Crippen molar-refractivity contribution in [3.8, 4) is 0 Å². The fraction of sp³-hybridized carbons (Fsp3) is 0.942. The van der Waals surface area contributed by atoms with Gasteiger partial charge in [0, 0.05) is 58.6 Å². The molecule has 8 fully saturated rings. The molecule has 9 N–H and O–H groups in total. The minimum Gasteiger partial charge on any atom is -0.444 e. The molecule has 0 aliphatic heterocycles. The summed E-state index contributed by atoms with van der Waals surface area (Å²) in [6.07, 6.45) is 19.4. The Morgan fingerprint density at radius 3 is 1.58 bits per heavy atom. The van der Waals surface area contributed by atoms with Crippen LogP contribution in [0.1, 0.15) is 236 Å². The fourth-order valence-corrected chi connectivity index (χ4v) is 21.1. The first-order valence-corrected chi connectivity index (χ1v) is 34.5. The van der Waals surface area contributed by atoms with Gasteiger partial charge in [-0.05, 0) is 254 Å². The van der Waals surface area contributed by atoms with Crippen molar-refractivity contribution in [1.82, 2.24) is 20.9 Å². The highest BCUT2D eigenvalue weighted by atomic mass is 16.6. The second-order valence-corrected chi connectivity index (χ2v) is 31.5. The first-order chi connectivity index (χ1) is 39.8. The van der Waals surface area contributed by atoms with Crippen molar-refractivity contribution in [3.05, 3.63) is 0 Å². The first-order valence-electron chi connectivity index (χ1n) is 34.5. The Morgan fingerprint density at radius 1 is 0.548 bits per heavy atom. The number of nitrogens with zero attached hydrogens (tertiary/aromatic N) is 1. The van der Waals surface area contributed by atoms with Crippen LogP contribution in [0.15, 0.2) is 0 Å². The molecule has 0 spiro atoms. The van der Waals surface area contributed by atoms with Crippen molar-refractivity contribution in [1.29, 1.82) is 0 Å². The van der Waals surface area contributed by atoms with Gasteiger partial charge >= 0.3 is 6.09 Å². The van der Waals surface area contributed by atoms with E-state index in [1.165, 1.54) is 0 Å². The molecule has 8 aliphatic carbocycles. The quantitative estimate of drug-likeness (QED) is 0.0369. The SMILES string of the molecule is C[C@H](CCC(=O)NCCCCN(CCCNC(=O)CC[C@@H](C)C1CCC2C3C(CO)CC4CC(O)CCC4(C)C3CC(O)C21C)C(=O)CCCCCCCNC(=O)OC(C)(C)C)C1CCC2C3C(O)CC4CC(O)CCC4(C)C3CC(O)C21C. The van der Waals surface area contributed by atoms with Crippen LogP contribution >= 0.6 is 0 Å². The monoisotopic (exact) mass is 1180 g/mol. The normalized spacial score (nSPS) is 40.4. The summed E-state index contributed by atoms with van der Waals surface area (Å²) in [4.78, 5) is 54.6. The number of hydrogen-bond donors (Lipinski definition) is 9. The second-order valence-electron chi connectivity index (χ2n) is 31.5. The molecule has 8 saturated carbocycles. The van der Waals surface area contributed by atoms with Gasteiger partial charge in [-0.3, -0.25) is 14.4 Å². The molecule has 0 bridgehead atoms. The second kappa shape index (κ2) is 28.5. The van der Waals surface area contributed by atoms with Crippen molar-refractivity contribution >= 4 is 23.8 Å². The summed E-state index contributed by atoms with van der Waals surface area (Å²) in [5.41, 5.74) is -0.987. The van der Waals surface area contributed by atoms with E-state index >= 15 is 0 Å². The number of aliphatic hydroxyl groups excluding tert-OH is 6. The summed E-state index contributed by atoms with van der Waals surface area (Å²) in [5, 5.41) is 77.0. The molecule has 0 aromatic carbocycles. The lowest BCUT2D eigenvalue weighted by Crippen LogP contribution is -2.62. The highest BCUT2D eigenvalue weighted by Gasteiger charge is 2.67. The number of ether oxygens (including phenoxy) is 1.